The Bertz CT molecular complexity index is 1290. The van der Waals surface area contributed by atoms with Crippen molar-refractivity contribution in [2.45, 2.75) is 18.6 Å². The smallest absolute Gasteiger partial charge is 0.237 e. The fourth-order valence-electron chi connectivity index (χ4n) is 4.22. The maximum absolute atomic E-state index is 13.6. The second-order valence-electron chi connectivity index (χ2n) is 8.65. The van der Waals surface area contributed by atoms with E-state index in [0.717, 1.165) is 41.5 Å². The fraction of sp³-hybridized carbons (Fsp3) is 0.250. The van der Waals surface area contributed by atoms with Crippen LogP contribution in [0.4, 0.5) is 11.6 Å². The van der Waals surface area contributed by atoms with Crippen molar-refractivity contribution in [1.82, 2.24) is 14.8 Å². The molecule has 0 spiro atoms. The zero-order chi connectivity index (χ0) is 24.7. The summed E-state index contributed by atoms with van der Waals surface area (Å²) in [6.45, 7) is 5.41. The van der Waals surface area contributed by atoms with E-state index in [4.69, 9.17) is 4.74 Å². The number of hydrogen-bond acceptors (Lipinski definition) is 6. The van der Waals surface area contributed by atoms with Crippen LogP contribution >= 0.6 is 11.8 Å². The first-order chi connectivity index (χ1) is 17.7. The van der Waals surface area contributed by atoms with Crippen LogP contribution in [0.25, 0.3) is 5.69 Å². The van der Waals surface area contributed by atoms with Crippen LogP contribution in [0, 0.1) is 6.92 Å². The summed E-state index contributed by atoms with van der Waals surface area (Å²) in [4.78, 5) is 17.6. The molecule has 5 rings (SSSR count). The van der Waals surface area contributed by atoms with Crippen molar-refractivity contribution < 1.29 is 9.53 Å². The highest BCUT2D eigenvalue weighted by atomic mass is 32.2. The van der Waals surface area contributed by atoms with E-state index >= 15 is 0 Å². The largest absolute Gasteiger partial charge is 0.378 e. The highest BCUT2D eigenvalue weighted by Gasteiger charge is 2.24. The molecule has 4 aromatic rings. The Morgan fingerprint density at radius 2 is 1.67 bits per heavy atom. The Hall–Kier alpha value is -3.62. The van der Waals surface area contributed by atoms with Crippen molar-refractivity contribution in [2.24, 2.45) is 0 Å². The van der Waals surface area contributed by atoms with E-state index in [9.17, 15) is 4.79 Å². The lowest BCUT2D eigenvalue weighted by molar-refractivity contribution is -0.116. The Labute approximate surface area is 215 Å². The number of amides is 1. The first-order valence-electron chi connectivity index (χ1n) is 12.1. The van der Waals surface area contributed by atoms with Crippen molar-refractivity contribution >= 4 is 29.3 Å². The number of aromatic nitrogens is 3. The van der Waals surface area contributed by atoms with Gasteiger partial charge in [-0.1, -0.05) is 72.4 Å². The molecule has 0 aliphatic carbocycles. The van der Waals surface area contributed by atoms with Crippen molar-refractivity contribution in [3.63, 3.8) is 0 Å². The van der Waals surface area contributed by atoms with E-state index in [1.807, 2.05) is 71.6 Å². The SMILES string of the molecule is Cc1cccc(-n2c(SCC(=O)N(Cc3ccccc3)c3ccccc3)nnc2N2CCOCC2)c1. The fourth-order valence-corrected chi connectivity index (χ4v) is 5.04. The number of carbonyl (C=O) groups excluding carboxylic acids is 1. The van der Waals surface area contributed by atoms with Gasteiger partial charge < -0.3 is 14.5 Å². The lowest BCUT2D eigenvalue weighted by Gasteiger charge is -2.28. The first kappa shape index (κ1) is 24.1. The van der Waals surface area contributed by atoms with Crippen LogP contribution in [0.3, 0.4) is 0 Å². The molecule has 0 N–H and O–H groups in total. The van der Waals surface area contributed by atoms with Gasteiger partial charge in [0.25, 0.3) is 0 Å². The van der Waals surface area contributed by atoms with Crippen LogP contribution in [-0.2, 0) is 16.1 Å². The number of nitrogens with zero attached hydrogens (tertiary/aromatic N) is 5. The number of carbonyl (C=O) groups is 1. The third-order valence-electron chi connectivity index (χ3n) is 6.05. The highest BCUT2D eigenvalue weighted by Crippen LogP contribution is 2.28. The van der Waals surface area contributed by atoms with Gasteiger partial charge in [-0.25, -0.2) is 0 Å². The molecule has 36 heavy (non-hydrogen) atoms. The van der Waals surface area contributed by atoms with Gasteiger partial charge in [-0.2, -0.15) is 0 Å². The molecule has 0 radical (unpaired) electrons. The van der Waals surface area contributed by atoms with E-state index in [2.05, 4.69) is 44.8 Å². The van der Waals surface area contributed by atoms with Gasteiger partial charge in [0.1, 0.15) is 0 Å². The molecule has 184 valence electrons. The molecule has 8 heteroatoms. The molecule has 0 atom stereocenters. The summed E-state index contributed by atoms with van der Waals surface area (Å²) in [5.41, 5.74) is 4.10. The summed E-state index contributed by atoms with van der Waals surface area (Å²) in [5, 5.41) is 9.74. The second kappa shape index (κ2) is 11.4. The van der Waals surface area contributed by atoms with Crippen LogP contribution < -0.4 is 9.80 Å². The average molecular weight is 500 g/mol. The highest BCUT2D eigenvalue weighted by molar-refractivity contribution is 7.99. The number of aryl methyl sites for hydroxylation is 1. The number of ether oxygens (including phenoxy) is 1. The van der Waals surface area contributed by atoms with Crippen LogP contribution in [0.1, 0.15) is 11.1 Å². The van der Waals surface area contributed by atoms with E-state index in [-0.39, 0.29) is 11.7 Å². The second-order valence-corrected chi connectivity index (χ2v) is 9.59. The van der Waals surface area contributed by atoms with Crippen molar-refractivity contribution in [3.05, 3.63) is 96.1 Å². The molecule has 0 saturated carbocycles. The van der Waals surface area contributed by atoms with Crippen LogP contribution in [0.2, 0.25) is 0 Å². The summed E-state index contributed by atoms with van der Waals surface area (Å²) < 4.78 is 7.59. The lowest BCUT2D eigenvalue weighted by Crippen LogP contribution is -2.38. The maximum Gasteiger partial charge on any atom is 0.237 e. The molecular formula is C28H29N5O2S. The maximum atomic E-state index is 13.6. The molecule has 1 aliphatic rings. The average Bonchev–Trinajstić information content (AvgIpc) is 3.36. The van der Waals surface area contributed by atoms with Crippen LogP contribution in [0.15, 0.2) is 90.1 Å². The van der Waals surface area contributed by atoms with Gasteiger partial charge in [0.15, 0.2) is 5.16 Å². The molecule has 2 heterocycles. The third-order valence-corrected chi connectivity index (χ3v) is 6.96. The van der Waals surface area contributed by atoms with Gasteiger partial charge in [-0.05, 0) is 42.3 Å². The van der Waals surface area contributed by atoms with Crippen molar-refractivity contribution in [2.75, 3.05) is 41.9 Å². The van der Waals surface area contributed by atoms with Gasteiger partial charge in [0.2, 0.25) is 11.9 Å². The Balaban J connectivity index is 1.41. The molecule has 1 aromatic heterocycles. The molecule has 1 amide bonds. The molecule has 1 fully saturated rings. The Kier molecular flexibility index (Phi) is 7.64. The number of thioether (sulfide) groups is 1. The summed E-state index contributed by atoms with van der Waals surface area (Å²) in [7, 11) is 0. The Morgan fingerprint density at radius 1 is 0.944 bits per heavy atom. The van der Waals surface area contributed by atoms with Gasteiger partial charge in [0.05, 0.1) is 31.2 Å². The molecule has 3 aromatic carbocycles. The van der Waals surface area contributed by atoms with Crippen molar-refractivity contribution in [1.29, 1.82) is 0 Å². The zero-order valence-electron chi connectivity index (χ0n) is 20.3. The van der Waals surface area contributed by atoms with Gasteiger partial charge in [-0.3, -0.25) is 9.36 Å². The van der Waals surface area contributed by atoms with Crippen LogP contribution in [-0.4, -0.2) is 52.7 Å². The van der Waals surface area contributed by atoms with Crippen LogP contribution in [0.5, 0.6) is 0 Å². The third kappa shape index (κ3) is 5.61. The minimum absolute atomic E-state index is 0.0155. The number of morpholine rings is 1. The van der Waals surface area contributed by atoms with E-state index in [0.29, 0.717) is 24.9 Å². The van der Waals surface area contributed by atoms with E-state index in [1.165, 1.54) is 11.8 Å². The number of para-hydroxylation sites is 1. The van der Waals surface area contributed by atoms with Gasteiger partial charge in [-0.15, -0.1) is 10.2 Å². The minimum atomic E-state index is 0.0155. The molecular weight excluding hydrogens is 470 g/mol. The van der Waals surface area contributed by atoms with Crippen molar-refractivity contribution in [3.8, 4) is 5.69 Å². The predicted octanol–water partition coefficient (Wildman–Crippen LogP) is 4.74. The summed E-state index contributed by atoms with van der Waals surface area (Å²) in [5.74, 6) is 1.04. The molecule has 0 bridgehead atoms. The molecule has 1 aliphatic heterocycles. The summed E-state index contributed by atoms with van der Waals surface area (Å²) in [6.07, 6.45) is 0. The predicted molar refractivity (Wildman–Crippen MR) is 144 cm³/mol. The molecule has 1 saturated heterocycles. The molecule has 0 unspecified atom stereocenters. The van der Waals surface area contributed by atoms with Gasteiger partial charge in [0, 0.05) is 18.8 Å². The summed E-state index contributed by atoms with van der Waals surface area (Å²) in [6, 6.07) is 28.1. The van der Waals surface area contributed by atoms with E-state index < -0.39 is 0 Å². The van der Waals surface area contributed by atoms with E-state index in [1.54, 1.807) is 0 Å². The van der Waals surface area contributed by atoms with Gasteiger partial charge >= 0.3 is 0 Å². The Morgan fingerprint density at radius 3 is 2.39 bits per heavy atom. The topological polar surface area (TPSA) is 63.5 Å². The number of rotatable bonds is 8. The quantitative estimate of drug-likeness (QED) is 0.327. The number of anilines is 2. The normalized spacial score (nSPS) is 13.5. The minimum Gasteiger partial charge on any atom is -0.378 e. The molecule has 7 nitrogen and oxygen atoms in total. The number of hydrogen-bond donors (Lipinski definition) is 0. The monoisotopic (exact) mass is 499 g/mol. The standard InChI is InChI=1S/C28H29N5O2S/c1-22-9-8-14-25(19-22)33-27(31-15-17-35-18-16-31)29-30-28(33)36-21-26(34)32(24-12-6-3-7-13-24)20-23-10-4-2-5-11-23/h2-14,19H,15-18,20-21H2,1H3. The zero-order valence-corrected chi connectivity index (χ0v) is 21.1. The first-order valence-corrected chi connectivity index (χ1v) is 13.0. The lowest BCUT2D eigenvalue weighted by atomic mass is 10.2. The summed E-state index contributed by atoms with van der Waals surface area (Å²) >= 11 is 1.41. The number of benzene rings is 3.